The number of nitrogens with one attached hydrogen (secondary N) is 2. The van der Waals surface area contributed by atoms with Crippen LogP contribution in [0.1, 0.15) is 39.4 Å². The SMILES string of the molecule is CCNC(=NCCCc1nnc(SC)n1CC(C)C)NCCCOC.I. The summed E-state index contributed by atoms with van der Waals surface area (Å²) in [6.45, 7) is 10.7. The minimum Gasteiger partial charge on any atom is -0.385 e. The molecule has 1 rings (SSSR count). The lowest BCUT2D eigenvalue weighted by Crippen LogP contribution is -2.38. The van der Waals surface area contributed by atoms with Crippen molar-refractivity contribution in [3.05, 3.63) is 5.82 Å². The molecule has 0 spiro atoms. The highest BCUT2D eigenvalue weighted by Gasteiger charge is 2.12. The van der Waals surface area contributed by atoms with Gasteiger partial charge in [0.1, 0.15) is 5.82 Å². The average molecular weight is 498 g/mol. The third-order valence-electron chi connectivity index (χ3n) is 3.51. The zero-order chi connectivity index (χ0) is 18.5. The maximum absolute atomic E-state index is 5.06. The van der Waals surface area contributed by atoms with Gasteiger partial charge in [-0.2, -0.15) is 0 Å². The molecule has 0 amide bonds. The molecule has 0 bridgehead atoms. The first-order chi connectivity index (χ1) is 12.1. The van der Waals surface area contributed by atoms with Crippen LogP contribution in [-0.2, 0) is 17.7 Å². The summed E-state index contributed by atoms with van der Waals surface area (Å²) in [5, 5.41) is 16.3. The highest BCUT2D eigenvalue weighted by atomic mass is 127. The fraction of sp³-hybridized carbons (Fsp3) is 0.824. The van der Waals surface area contributed by atoms with Crippen LogP contribution in [0.4, 0.5) is 0 Å². The summed E-state index contributed by atoms with van der Waals surface area (Å²) in [5.74, 6) is 2.51. The Labute approximate surface area is 179 Å². The third kappa shape index (κ3) is 9.96. The Hall–Kier alpha value is -0.550. The smallest absolute Gasteiger partial charge is 0.191 e. The molecular formula is C17H35IN6OS. The van der Waals surface area contributed by atoms with Gasteiger partial charge in [0.25, 0.3) is 0 Å². The number of halogens is 1. The number of nitrogens with zero attached hydrogens (tertiary/aromatic N) is 4. The lowest BCUT2D eigenvalue weighted by molar-refractivity contribution is 0.195. The normalized spacial score (nSPS) is 11.5. The van der Waals surface area contributed by atoms with Crippen molar-refractivity contribution in [1.82, 2.24) is 25.4 Å². The number of aryl methyl sites for hydroxylation is 1. The lowest BCUT2D eigenvalue weighted by atomic mass is 10.2. The zero-order valence-corrected chi connectivity index (χ0v) is 19.9. The molecule has 2 N–H and O–H groups in total. The van der Waals surface area contributed by atoms with Gasteiger partial charge < -0.3 is 19.9 Å². The van der Waals surface area contributed by atoms with E-state index in [9.17, 15) is 0 Å². The Morgan fingerprint density at radius 1 is 1.27 bits per heavy atom. The van der Waals surface area contributed by atoms with Crippen LogP contribution < -0.4 is 10.6 Å². The van der Waals surface area contributed by atoms with Gasteiger partial charge in [0, 0.05) is 46.3 Å². The number of methoxy groups -OCH3 is 1. The Kier molecular flexibility index (Phi) is 15.2. The van der Waals surface area contributed by atoms with Gasteiger partial charge >= 0.3 is 0 Å². The molecule has 0 saturated carbocycles. The average Bonchev–Trinajstić information content (AvgIpc) is 2.96. The summed E-state index contributed by atoms with van der Waals surface area (Å²) in [6, 6.07) is 0. The van der Waals surface area contributed by atoms with Crippen LogP contribution >= 0.6 is 35.7 Å². The molecule has 1 aromatic heterocycles. The Morgan fingerprint density at radius 2 is 2.04 bits per heavy atom. The Morgan fingerprint density at radius 3 is 2.65 bits per heavy atom. The van der Waals surface area contributed by atoms with Gasteiger partial charge in [-0.15, -0.1) is 34.2 Å². The van der Waals surface area contributed by atoms with Gasteiger partial charge in [-0.05, 0) is 31.9 Å². The molecule has 9 heteroatoms. The van der Waals surface area contributed by atoms with E-state index in [0.29, 0.717) is 5.92 Å². The molecule has 0 fully saturated rings. The number of rotatable bonds is 12. The molecule has 0 radical (unpaired) electrons. The topological polar surface area (TPSA) is 76.4 Å². The number of aromatic nitrogens is 3. The van der Waals surface area contributed by atoms with Crippen LogP contribution in [0.2, 0.25) is 0 Å². The maximum Gasteiger partial charge on any atom is 0.191 e. The van der Waals surface area contributed by atoms with Gasteiger partial charge in [-0.25, -0.2) is 0 Å². The van der Waals surface area contributed by atoms with E-state index in [1.807, 2.05) is 6.26 Å². The molecule has 0 aliphatic rings. The molecule has 7 nitrogen and oxygen atoms in total. The molecule has 0 aromatic carbocycles. The summed E-state index contributed by atoms with van der Waals surface area (Å²) >= 11 is 1.65. The quantitative estimate of drug-likeness (QED) is 0.152. The minimum absolute atomic E-state index is 0. The highest BCUT2D eigenvalue weighted by Crippen LogP contribution is 2.16. The van der Waals surface area contributed by atoms with Crippen molar-refractivity contribution in [2.45, 2.75) is 51.7 Å². The number of guanidine groups is 1. The van der Waals surface area contributed by atoms with E-state index in [-0.39, 0.29) is 24.0 Å². The largest absolute Gasteiger partial charge is 0.385 e. The number of hydrogen-bond donors (Lipinski definition) is 2. The second kappa shape index (κ2) is 15.5. The monoisotopic (exact) mass is 498 g/mol. The summed E-state index contributed by atoms with van der Waals surface area (Å²) < 4.78 is 7.31. The molecule has 26 heavy (non-hydrogen) atoms. The standard InChI is InChI=1S/C17H34N6OS.HI/c1-6-18-16(20-11-8-12-24-4)19-10-7-9-15-21-22-17(25-5)23(15)13-14(2)3;/h14H,6-13H2,1-5H3,(H2,18,19,20);1H. The van der Waals surface area contributed by atoms with E-state index >= 15 is 0 Å². The zero-order valence-electron chi connectivity index (χ0n) is 16.7. The number of thioether (sulfide) groups is 1. The molecule has 0 saturated heterocycles. The second-order valence-corrected chi connectivity index (χ2v) is 7.02. The van der Waals surface area contributed by atoms with Crippen LogP contribution in [0, 0.1) is 5.92 Å². The third-order valence-corrected chi connectivity index (χ3v) is 4.18. The maximum atomic E-state index is 5.06. The van der Waals surface area contributed by atoms with Crippen molar-refractivity contribution in [1.29, 1.82) is 0 Å². The van der Waals surface area contributed by atoms with Crippen LogP contribution in [0.5, 0.6) is 0 Å². The molecule has 0 aliphatic heterocycles. The number of aliphatic imine (C=N–C) groups is 1. The van der Waals surface area contributed by atoms with Gasteiger partial charge in [-0.1, -0.05) is 25.6 Å². The summed E-state index contributed by atoms with van der Waals surface area (Å²) in [6.07, 6.45) is 4.87. The van der Waals surface area contributed by atoms with Crippen LogP contribution in [-0.4, -0.2) is 60.3 Å². The van der Waals surface area contributed by atoms with E-state index in [1.165, 1.54) is 0 Å². The van der Waals surface area contributed by atoms with E-state index in [4.69, 9.17) is 4.74 Å². The van der Waals surface area contributed by atoms with Crippen molar-refractivity contribution < 1.29 is 4.74 Å². The summed E-state index contributed by atoms with van der Waals surface area (Å²) in [4.78, 5) is 4.63. The van der Waals surface area contributed by atoms with Crippen molar-refractivity contribution >= 4 is 41.7 Å². The molecule has 1 heterocycles. The molecule has 0 aliphatic carbocycles. The molecular weight excluding hydrogens is 463 g/mol. The molecule has 0 unspecified atom stereocenters. The Bertz CT molecular complexity index is 509. The Balaban J connectivity index is 0.00000625. The van der Waals surface area contributed by atoms with Gasteiger partial charge in [0.2, 0.25) is 0 Å². The minimum atomic E-state index is 0. The van der Waals surface area contributed by atoms with Crippen molar-refractivity contribution in [2.24, 2.45) is 10.9 Å². The fourth-order valence-electron chi connectivity index (χ4n) is 2.40. The van der Waals surface area contributed by atoms with E-state index in [1.54, 1.807) is 18.9 Å². The van der Waals surface area contributed by atoms with Crippen molar-refractivity contribution in [2.75, 3.05) is 39.6 Å². The van der Waals surface area contributed by atoms with E-state index in [2.05, 4.69) is 51.2 Å². The highest BCUT2D eigenvalue weighted by molar-refractivity contribution is 14.0. The van der Waals surface area contributed by atoms with Gasteiger partial charge in [0.05, 0.1) is 0 Å². The lowest BCUT2D eigenvalue weighted by Gasteiger charge is -2.12. The summed E-state index contributed by atoms with van der Waals surface area (Å²) in [5.41, 5.74) is 0. The van der Waals surface area contributed by atoms with Crippen molar-refractivity contribution in [3.63, 3.8) is 0 Å². The van der Waals surface area contributed by atoms with Crippen molar-refractivity contribution in [3.8, 4) is 0 Å². The van der Waals surface area contributed by atoms with Gasteiger partial charge in [-0.3, -0.25) is 4.99 Å². The molecule has 0 atom stereocenters. The van der Waals surface area contributed by atoms with Crippen LogP contribution in [0.25, 0.3) is 0 Å². The number of hydrogen-bond acceptors (Lipinski definition) is 5. The molecule has 152 valence electrons. The fourth-order valence-corrected chi connectivity index (χ4v) is 2.92. The predicted molar refractivity (Wildman–Crippen MR) is 121 cm³/mol. The first-order valence-corrected chi connectivity index (χ1v) is 10.3. The van der Waals surface area contributed by atoms with E-state index in [0.717, 1.165) is 69.0 Å². The van der Waals surface area contributed by atoms with E-state index < -0.39 is 0 Å². The second-order valence-electron chi connectivity index (χ2n) is 6.24. The summed E-state index contributed by atoms with van der Waals surface area (Å²) in [7, 11) is 1.72. The van der Waals surface area contributed by atoms with Gasteiger partial charge in [0.15, 0.2) is 11.1 Å². The first kappa shape index (κ1) is 25.4. The van der Waals surface area contributed by atoms with Crippen LogP contribution in [0.3, 0.4) is 0 Å². The first-order valence-electron chi connectivity index (χ1n) is 9.09. The molecule has 1 aromatic rings. The number of ether oxygens (including phenoxy) is 1. The predicted octanol–water partition coefficient (Wildman–Crippen LogP) is 2.80. The van der Waals surface area contributed by atoms with Crippen LogP contribution in [0.15, 0.2) is 10.1 Å².